The van der Waals surface area contributed by atoms with Crippen molar-refractivity contribution < 1.29 is 4.74 Å². The molecule has 2 heterocycles. The molecule has 0 saturated heterocycles. The van der Waals surface area contributed by atoms with Crippen molar-refractivity contribution >= 4 is 5.69 Å². The van der Waals surface area contributed by atoms with Gasteiger partial charge in [-0.05, 0) is 24.1 Å². The molecule has 0 fully saturated rings. The fraction of sp³-hybridized carbons (Fsp3) is 0.444. The largest absolute Gasteiger partial charge is 0.383 e. The van der Waals surface area contributed by atoms with Crippen molar-refractivity contribution in [3.63, 3.8) is 0 Å². The lowest BCUT2D eigenvalue weighted by atomic mass is 9.86. The van der Waals surface area contributed by atoms with Crippen LogP contribution in [-0.4, -0.2) is 36.8 Å². The van der Waals surface area contributed by atoms with E-state index in [1.807, 2.05) is 19.3 Å². The molecule has 1 aromatic carbocycles. The van der Waals surface area contributed by atoms with Crippen LogP contribution in [-0.2, 0) is 10.2 Å². The molecule has 3 rings (SSSR count). The molecule has 1 aromatic heterocycles. The number of aromatic nitrogens is 2. The van der Waals surface area contributed by atoms with E-state index in [0.29, 0.717) is 0 Å². The number of fused-ring (bicyclic) bond motifs is 1. The first-order chi connectivity index (χ1) is 10.5. The van der Waals surface area contributed by atoms with Crippen LogP contribution in [0.15, 0.2) is 30.6 Å². The van der Waals surface area contributed by atoms with Crippen LogP contribution >= 0.6 is 0 Å². The summed E-state index contributed by atoms with van der Waals surface area (Å²) < 4.78 is 5.25. The van der Waals surface area contributed by atoms with Gasteiger partial charge in [0.1, 0.15) is 5.82 Å². The Balaban J connectivity index is 1.99. The summed E-state index contributed by atoms with van der Waals surface area (Å²) in [5, 5.41) is 0. The van der Waals surface area contributed by atoms with Crippen molar-refractivity contribution in [2.24, 2.45) is 0 Å². The Hall–Kier alpha value is -1.94. The minimum Gasteiger partial charge on any atom is -0.383 e. The van der Waals surface area contributed by atoms with Crippen LogP contribution in [0.4, 0.5) is 5.69 Å². The van der Waals surface area contributed by atoms with Crippen LogP contribution < -0.4 is 4.90 Å². The molecule has 1 aliphatic rings. The summed E-state index contributed by atoms with van der Waals surface area (Å²) >= 11 is 0. The van der Waals surface area contributed by atoms with Gasteiger partial charge in [0.2, 0.25) is 0 Å². The number of benzene rings is 1. The number of anilines is 1. The van der Waals surface area contributed by atoms with Gasteiger partial charge in [-0.2, -0.15) is 0 Å². The molecule has 22 heavy (non-hydrogen) atoms. The third-order valence-corrected chi connectivity index (χ3v) is 4.33. The maximum atomic E-state index is 5.25. The van der Waals surface area contributed by atoms with E-state index in [1.165, 1.54) is 16.8 Å². The van der Waals surface area contributed by atoms with Gasteiger partial charge in [0.05, 0.1) is 6.61 Å². The predicted molar refractivity (Wildman–Crippen MR) is 89.3 cm³/mol. The number of rotatable bonds is 4. The highest BCUT2D eigenvalue weighted by molar-refractivity contribution is 5.73. The van der Waals surface area contributed by atoms with Gasteiger partial charge in [-0.3, -0.25) is 0 Å². The van der Waals surface area contributed by atoms with Crippen LogP contribution in [0, 0.1) is 6.92 Å². The van der Waals surface area contributed by atoms with E-state index < -0.39 is 0 Å². The average Bonchev–Trinajstić information content (AvgIpc) is 2.76. The van der Waals surface area contributed by atoms with Crippen molar-refractivity contribution in [1.82, 2.24) is 9.97 Å². The predicted octanol–water partition coefficient (Wildman–Crippen LogP) is 3.20. The SMILES string of the molecule is COCCN1CC(C)(C)c2ccc(-c3cnc(C)nc3)cc21. The normalized spacial score (nSPS) is 15.9. The van der Waals surface area contributed by atoms with E-state index in [2.05, 4.69) is 46.9 Å². The number of hydrogen-bond donors (Lipinski definition) is 0. The lowest BCUT2D eigenvalue weighted by Gasteiger charge is -2.22. The molecule has 0 bridgehead atoms. The fourth-order valence-corrected chi connectivity index (χ4v) is 3.14. The molecule has 116 valence electrons. The lowest BCUT2D eigenvalue weighted by Crippen LogP contribution is -2.31. The van der Waals surface area contributed by atoms with Crippen molar-refractivity contribution in [2.45, 2.75) is 26.2 Å². The molecule has 0 spiro atoms. The van der Waals surface area contributed by atoms with Crippen molar-refractivity contribution in [3.8, 4) is 11.1 Å². The van der Waals surface area contributed by atoms with E-state index in [1.54, 1.807) is 7.11 Å². The van der Waals surface area contributed by atoms with Gasteiger partial charge in [0.15, 0.2) is 0 Å². The Kier molecular flexibility index (Phi) is 3.87. The second-order valence-corrected chi connectivity index (χ2v) is 6.55. The van der Waals surface area contributed by atoms with Gasteiger partial charge < -0.3 is 9.64 Å². The van der Waals surface area contributed by atoms with Gasteiger partial charge in [0.25, 0.3) is 0 Å². The second-order valence-electron chi connectivity index (χ2n) is 6.55. The first-order valence-corrected chi connectivity index (χ1v) is 7.69. The number of hydrogen-bond acceptors (Lipinski definition) is 4. The van der Waals surface area contributed by atoms with E-state index in [-0.39, 0.29) is 5.41 Å². The smallest absolute Gasteiger partial charge is 0.125 e. The van der Waals surface area contributed by atoms with Gasteiger partial charge in [-0.25, -0.2) is 9.97 Å². The Bertz CT molecular complexity index is 665. The molecule has 4 heteroatoms. The van der Waals surface area contributed by atoms with Crippen molar-refractivity contribution in [1.29, 1.82) is 0 Å². The Morgan fingerprint density at radius 3 is 2.59 bits per heavy atom. The molecule has 0 atom stereocenters. The summed E-state index contributed by atoms with van der Waals surface area (Å²) in [5.74, 6) is 0.799. The number of methoxy groups -OCH3 is 1. The minimum absolute atomic E-state index is 0.172. The summed E-state index contributed by atoms with van der Waals surface area (Å²) in [5.41, 5.74) is 5.11. The average molecular weight is 297 g/mol. The van der Waals surface area contributed by atoms with Gasteiger partial charge in [0, 0.05) is 49.3 Å². The summed E-state index contributed by atoms with van der Waals surface area (Å²) in [7, 11) is 1.75. The van der Waals surface area contributed by atoms with Crippen LogP contribution in [0.2, 0.25) is 0 Å². The minimum atomic E-state index is 0.172. The standard InChI is InChI=1S/C18H23N3O/c1-13-19-10-15(11-20-13)14-5-6-16-17(9-14)21(7-8-22-4)12-18(16,2)3/h5-6,9-11H,7-8,12H2,1-4H3. The van der Waals surface area contributed by atoms with E-state index in [4.69, 9.17) is 4.74 Å². The molecular weight excluding hydrogens is 274 g/mol. The van der Waals surface area contributed by atoms with E-state index in [9.17, 15) is 0 Å². The van der Waals surface area contributed by atoms with Crippen molar-refractivity contribution in [2.75, 3.05) is 31.7 Å². The molecule has 4 nitrogen and oxygen atoms in total. The highest BCUT2D eigenvalue weighted by Gasteiger charge is 2.34. The van der Waals surface area contributed by atoms with Crippen molar-refractivity contribution in [3.05, 3.63) is 42.0 Å². The molecule has 0 aliphatic carbocycles. The molecular formula is C18H23N3O. The van der Waals surface area contributed by atoms with Crippen LogP contribution in [0.1, 0.15) is 25.2 Å². The lowest BCUT2D eigenvalue weighted by molar-refractivity contribution is 0.205. The zero-order chi connectivity index (χ0) is 15.7. The maximum absolute atomic E-state index is 5.25. The van der Waals surface area contributed by atoms with E-state index in [0.717, 1.165) is 31.1 Å². The number of ether oxygens (including phenoxy) is 1. The quantitative estimate of drug-likeness (QED) is 0.868. The third-order valence-electron chi connectivity index (χ3n) is 4.33. The van der Waals surface area contributed by atoms with Gasteiger partial charge in [-0.1, -0.05) is 26.0 Å². The van der Waals surface area contributed by atoms with Crippen LogP contribution in [0.25, 0.3) is 11.1 Å². The molecule has 1 aliphatic heterocycles. The highest BCUT2D eigenvalue weighted by Crippen LogP contribution is 2.42. The molecule has 2 aromatic rings. The Labute approximate surface area is 132 Å². The summed E-state index contributed by atoms with van der Waals surface area (Å²) in [6.07, 6.45) is 3.79. The van der Waals surface area contributed by atoms with E-state index >= 15 is 0 Å². The Morgan fingerprint density at radius 1 is 1.18 bits per heavy atom. The molecule has 0 unspecified atom stereocenters. The highest BCUT2D eigenvalue weighted by atomic mass is 16.5. The third kappa shape index (κ3) is 2.71. The Morgan fingerprint density at radius 2 is 1.91 bits per heavy atom. The second kappa shape index (κ2) is 5.69. The summed E-state index contributed by atoms with van der Waals surface area (Å²) in [6, 6.07) is 6.68. The number of aryl methyl sites for hydroxylation is 1. The monoisotopic (exact) mass is 297 g/mol. The topological polar surface area (TPSA) is 38.2 Å². The molecule has 0 amide bonds. The summed E-state index contributed by atoms with van der Waals surface area (Å²) in [6.45, 7) is 9.19. The van der Waals surface area contributed by atoms with Crippen LogP contribution in [0.3, 0.4) is 0 Å². The molecule has 0 radical (unpaired) electrons. The first kappa shape index (κ1) is 15.0. The van der Waals surface area contributed by atoms with Gasteiger partial charge >= 0.3 is 0 Å². The number of nitrogens with zero attached hydrogens (tertiary/aromatic N) is 3. The molecule has 0 N–H and O–H groups in total. The first-order valence-electron chi connectivity index (χ1n) is 7.69. The van der Waals surface area contributed by atoms with Gasteiger partial charge in [-0.15, -0.1) is 0 Å². The zero-order valence-electron chi connectivity index (χ0n) is 13.8. The van der Waals surface area contributed by atoms with Crippen LogP contribution in [0.5, 0.6) is 0 Å². The summed E-state index contributed by atoms with van der Waals surface area (Å²) in [4.78, 5) is 11.0. The molecule has 0 saturated carbocycles. The zero-order valence-corrected chi connectivity index (χ0v) is 13.8. The fourth-order valence-electron chi connectivity index (χ4n) is 3.14. The maximum Gasteiger partial charge on any atom is 0.125 e.